The smallest absolute Gasteiger partial charge is 0.206 e. The molecule has 0 saturated heterocycles. The van der Waals surface area contributed by atoms with Crippen molar-refractivity contribution >= 4 is 21.4 Å². The molecular formula is C18H17NO2S2. The quantitative estimate of drug-likeness (QED) is 0.757. The van der Waals surface area contributed by atoms with Gasteiger partial charge >= 0.3 is 0 Å². The third-order valence-corrected chi connectivity index (χ3v) is 6.40. The summed E-state index contributed by atoms with van der Waals surface area (Å²) in [6, 6.07) is 20.5. The molecule has 3 rings (SSSR count). The Labute approximate surface area is 140 Å². The molecule has 0 aliphatic heterocycles. The number of sulfonamides is 1. The summed E-state index contributed by atoms with van der Waals surface area (Å²) in [6.07, 6.45) is 0. The van der Waals surface area contributed by atoms with Crippen LogP contribution in [0.25, 0.3) is 0 Å². The highest BCUT2D eigenvalue weighted by Gasteiger charge is 2.23. The average Bonchev–Trinajstić information content (AvgIpc) is 3.10. The lowest BCUT2D eigenvalue weighted by Gasteiger charge is -2.19. The number of benzene rings is 2. The zero-order chi connectivity index (χ0) is 16.3. The van der Waals surface area contributed by atoms with E-state index in [1.807, 2.05) is 61.5 Å². The van der Waals surface area contributed by atoms with E-state index in [9.17, 15) is 8.42 Å². The zero-order valence-corrected chi connectivity index (χ0v) is 14.3. The van der Waals surface area contributed by atoms with Crippen LogP contribution in [-0.2, 0) is 10.0 Å². The number of hydrogen-bond acceptors (Lipinski definition) is 3. The summed E-state index contributed by atoms with van der Waals surface area (Å²) in [5.74, 6) is 0. The Morgan fingerprint density at radius 2 is 1.52 bits per heavy atom. The molecule has 0 amide bonds. The van der Waals surface area contributed by atoms with Crippen LogP contribution in [0.3, 0.4) is 0 Å². The van der Waals surface area contributed by atoms with Crippen molar-refractivity contribution in [3.63, 3.8) is 0 Å². The van der Waals surface area contributed by atoms with Gasteiger partial charge in [-0.25, -0.2) is 8.42 Å². The molecule has 0 saturated carbocycles. The highest BCUT2D eigenvalue weighted by molar-refractivity contribution is 7.91. The highest BCUT2D eigenvalue weighted by Crippen LogP contribution is 2.26. The predicted molar refractivity (Wildman–Crippen MR) is 94.1 cm³/mol. The third kappa shape index (κ3) is 3.69. The van der Waals surface area contributed by atoms with Crippen molar-refractivity contribution in [2.45, 2.75) is 17.2 Å². The van der Waals surface area contributed by atoms with Crippen molar-refractivity contribution in [3.05, 3.63) is 88.8 Å². The van der Waals surface area contributed by atoms with Gasteiger partial charge in [0.15, 0.2) is 0 Å². The van der Waals surface area contributed by atoms with Crippen LogP contribution >= 0.6 is 11.3 Å². The molecule has 118 valence electrons. The van der Waals surface area contributed by atoms with Crippen molar-refractivity contribution in [2.24, 2.45) is 0 Å². The fourth-order valence-electron chi connectivity index (χ4n) is 2.36. The molecule has 0 unspecified atom stereocenters. The molecule has 1 N–H and O–H groups in total. The summed E-state index contributed by atoms with van der Waals surface area (Å²) in [5, 5.41) is 1.76. The summed E-state index contributed by atoms with van der Waals surface area (Å²) >= 11 is 1.21. The fourth-order valence-corrected chi connectivity index (χ4v) is 4.59. The van der Waals surface area contributed by atoms with Crippen molar-refractivity contribution in [2.75, 3.05) is 0 Å². The average molecular weight is 343 g/mol. The van der Waals surface area contributed by atoms with Gasteiger partial charge in [-0.1, -0.05) is 66.2 Å². The monoisotopic (exact) mass is 343 g/mol. The van der Waals surface area contributed by atoms with Crippen molar-refractivity contribution in [1.82, 2.24) is 4.72 Å². The van der Waals surface area contributed by atoms with E-state index in [2.05, 4.69) is 4.72 Å². The SMILES string of the molecule is Cc1ccc([C@@H](NS(=O)(=O)c2cccs2)c2ccccc2)cc1. The Hall–Kier alpha value is -1.95. The summed E-state index contributed by atoms with van der Waals surface area (Å²) in [7, 11) is -3.55. The summed E-state index contributed by atoms with van der Waals surface area (Å²) in [5.41, 5.74) is 2.97. The normalized spacial score (nSPS) is 12.9. The zero-order valence-electron chi connectivity index (χ0n) is 12.6. The van der Waals surface area contributed by atoms with E-state index in [1.54, 1.807) is 17.5 Å². The first-order chi connectivity index (χ1) is 11.1. The van der Waals surface area contributed by atoms with Crippen molar-refractivity contribution in [3.8, 4) is 0 Å². The fraction of sp³-hybridized carbons (Fsp3) is 0.111. The van der Waals surface area contributed by atoms with Gasteiger partial charge in [0.2, 0.25) is 0 Å². The topological polar surface area (TPSA) is 46.2 Å². The van der Waals surface area contributed by atoms with Gasteiger partial charge in [0.1, 0.15) is 4.21 Å². The lowest BCUT2D eigenvalue weighted by atomic mass is 9.99. The number of aryl methyl sites for hydroxylation is 1. The number of hydrogen-bond donors (Lipinski definition) is 1. The van der Waals surface area contributed by atoms with Crippen LogP contribution in [0.2, 0.25) is 0 Å². The second kappa shape index (κ2) is 6.66. The molecule has 1 aromatic heterocycles. The number of thiophene rings is 1. The number of nitrogens with one attached hydrogen (secondary N) is 1. The Balaban J connectivity index is 2.01. The Kier molecular flexibility index (Phi) is 4.61. The maximum Gasteiger partial charge on any atom is 0.250 e. The van der Waals surface area contributed by atoms with Gasteiger partial charge in [-0.05, 0) is 29.5 Å². The molecule has 3 aromatic rings. The van der Waals surface area contributed by atoms with E-state index in [-0.39, 0.29) is 0 Å². The van der Waals surface area contributed by atoms with E-state index in [4.69, 9.17) is 0 Å². The van der Waals surface area contributed by atoms with Crippen LogP contribution in [0.5, 0.6) is 0 Å². The highest BCUT2D eigenvalue weighted by atomic mass is 32.2. The first-order valence-corrected chi connectivity index (χ1v) is 9.60. The minimum absolute atomic E-state index is 0.325. The Bertz CT molecular complexity index is 855. The molecule has 5 heteroatoms. The van der Waals surface area contributed by atoms with Gasteiger partial charge in [0.05, 0.1) is 6.04 Å². The Morgan fingerprint density at radius 1 is 0.870 bits per heavy atom. The van der Waals surface area contributed by atoms with Crippen LogP contribution in [-0.4, -0.2) is 8.42 Å². The summed E-state index contributed by atoms with van der Waals surface area (Å²) in [6.45, 7) is 2.01. The van der Waals surface area contributed by atoms with Crippen LogP contribution < -0.4 is 4.72 Å². The predicted octanol–water partition coefficient (Wildman–Crippen LogP) is 4.12. The molecule has 1 heterocycles. The van der Waals surface area contributed by atoms with E-state index in [0.29, 0.717) is 4.21 Å². The maximum absolute atomic E-state index is 12.6. The van der Waals surface area contributed by atoms with Crippen LogP contribution in [0.15, 0.2) is 76.3 Å². The largest absolute Gasteiger partial charge is 0.250 e. The second-order valence-corrected chi connectivity index (χ2v) is 8.20. The van der Waals surface area contributed by atoms with Gasteiger partial charge in [0.25, 0.3) is 10.0 Å². The van der Waals surface area contributed by atoms with E-state index >= 15 is 0 Å². The minimum atomic E-state index is -3.55. The lowest BCUT2D eigenvalue weighted by molar-refractivity contribution is 0.574. The molecule has 23 heavy (non-hydrogen) atoms. The maximum atomic E-state index is 12.6. The molecular weight excluding hydrogens is 326 g/mol. The molecule has 0 radical (unpaired) electrons. The molecule has 0 aliphatic rings. The van der Waals surface area contributed by atoms with E-state index in [1.165, 1.54) is 11.3 Å². The van der Waals surface area contributed by atoms with Crippen molar-refractivity contribution in [1.29, 1.82) is 0 Å². The van der Waals surface area contributed by atoms with Crippen LogP contribution in [0.1, 0.15) is 22.7 Å². The van der Waals surface area contributed by atoms with Crippen LogP contribution in [0, 0.1) is 6.92 Å². The van der Waals surface area contributed by atoms with Gasteiger partial charge in [0, 0.05) is 0 Å². The summed E-state index contributed by atoms with van der Waals surface area (Å²) in [4.78, 5) is 0. The van der Waals surface area contributed by atoms with E-state index in [0.717, 1.165) is 16.7 Å². The number of rotatable bonds is 5. The minimum Gasteiger partial charge on any atom is -0.206 e. The van der Waals surface area contributed by atoms with Crippen LogP contribution in [0.4, 0.5) is 0 Å². The third-order valence-electron chi connectivity index (χ3n) is 3.58. The molecule has 0 bridgehead atoms. The first-order valence-electron chi connectivity index (χ1n) is 7.23. The second-order valence-electron chi connectivity index (χ2n) is 5.31. The van der Waals surface area contributed by atoms with Gasteiger partial charge in [-0.2, -0.15) is 4.72 Å². The van der Waals surface area contributed by atoms with Crippen molar-refractivity contribution < 1.29 is 8.42 Å². The molecule has 0 aliphatic carbocycles. The Morgan fingerprint density at radius 3 is 2.13 bits per heavy atom. The standard InChI is InChI=1S/C18H17NO2S2/c1-14-9-11-16(12-10-14)18(15-6-3-2-4-7-15)19-23(20,21)17-8-5-13-22-17/h2-13,18-19H,1H3/t18-/m0/s1. The molecule has 0 spiro atoms. The summed E-state index contributed by atoms with van der Waals surface area (Å²) < 4.78 is 28.4. The van der Waals surface area contributed by atoms with Gasteiger partial charge in [-0.15, -0.1) is 11.3 Å². The van der Waals surface area contributed by atoms with E-state index < -0.39 is 16.1 Å². The molecule has 3 nitrogen and oxygen atoms in total. The molecule has 2 aromatic carbocycles. The van der Waals surface area contributed by atoms with Gasteiger partial charge < -0.3 is 0 Å². The lowest BCUT2D eigenvalue weighted by Crippen LogP contribution is -2.29. The first kappa shape index (κ1) is 15.9. The molecule has 1 atom stereocenters. The molecule has 0 fully saturated rings. The van der Waals surface area contributed by atoms with Gasteiger partial charge in [-0.3, -0.25) is 0 Å².